The van der Waals surface area contributed by atoms with Gasteiger partial charge in [0.25, 0.3) is 0 Å². The summed E-state index contributed by atoms with van der Waals surface area (Å²) in [6.07, 6.45) is 5.71. The molecule has 1 fully saturated rings. The molecule has 25 heavy (non-hydrogen) atoms. The SMILES string of the molecule is COc1ccc(NC(N)=NCC(=O)NC2CCCCC2)cc1OC.I. The Morgan fingerprint density at radius 1 is 1.20 bits per heavy atom. The Balaban J connectivity index is 0.00000312. The lowest BCUT2D eigenvalue weighted by atomic mass is 9.95. The van der Waals surface area contributed by atoms with E-state index >= 15 is 0 Å². The number of carbonyl (C=O) groups excluding carboxylic acids is 1. The van der Waals surface area contributed by atoms with Crippen molar-refractivity contribution in [1.82, 2.24) is 5.32 Å². The molecule has 1 aliphatic carbocycles. The largest absolute Gasteiger partial charge is 0.493 e. The average molecular weight is 462 g/mol. The lowest BCUT2D eigenvalue weighted by Gasteiger charge is -2.22. The fraction of sp³-hybridized carbons (Fsp3) is 0.529. The number of rotatable bonds is 6. The lowest BCUT2D eigenvalue weighted by Crippen LogP contribution is -2.38. The van der Waals surface area contributed by atoms with Crippen molar-refractivity contribution < 1.29 is 14.3 Å². The fourth-order valence-corrected chi connectivity index (χ4v) is 2.78. The number of guanidine groups is 1. The number of methoxy groups -OCH3 is 2. The summed E-state index contributed by atoms with van der Waals surface area (Å²) in [6.45, 7) is 0.0165. The number of hydrogen-bond acceptors (Lipinski definition) is 4. The highest BCUT2D eigenvalue weighted by atomic mass is 127. The van der Waals surface area contributed by atoms with Crippen LogP contribution in [0.3, 0.4) is 0 Å². The maximum absolute atomic E-state index is 11.9. The second-order valence-electron chi connectivity index (χ2n) is 5.80. The van der Waals surface area contributed by atoms with Gasteiger partial charge in [0, 0.05) is 17.8 Å². The normalized spacial score (nSPS) is 15.0. The summed E-state index contributed by atoms with van der Waals surface area (Å²) in [4.78, 5) is 16.0. The minimum atomic E-state index is -0.0982. The van der Waals surface area contributed by atoms with Gasteiger partial charge in [-0.05, 0) is 25.0 Å². The first kappa shape index (κ1) is 21.3. The van der Waals surface area contributed by atoms with E-state index in [1.807, 2.05) is 0 Å². The van der Waals surface area contributed by atoms with E-state index in [9.17, 15) is 4.79 Å². The number of nitrogens with zero attached hydrogens (tertiary/aromatic N) is 1. The Labute approximate surface area is 165 Å². The predicted molar refractivity (Wildman–Crippen MR) is 110 cm³/mol. The maximum atomic E-state index is 11.9. The van der Waals surface area contributed by atoms with Crippen LogP contribution in [-0.4, -0.2) is 38.7 Å². The number of carbonyl (C=O) groups is 1. The summed E-state index contributed by atoms with van der Waals surface area (Å²) in [5.74, 6) is 1.30. The molecule has 0 unspecified atom stereocenters. The van der Waals surface area contributed by atoms with Gasteiger partial charge in [-0.25, -0.2) is 4.99 Å². The van der Waals surface area contributed by atoms with E-state index in [0.29, 0.717) is 17.2 Å². The maximum Gasteiger partial charge on any atom is 0.242 e. The molecule has 4 N–H and O–H groups in total. The molecule has 0 heterocycles. The number of halogens is 1. The molecule has 0 radical (unpaired) electrons. The summed E-state index contributed by atoms with van der Waals surface area (Å²) in [6, 6.07) is 5.60. The van der Waals surface area contributed by atoms with Gasteiger partial charge in [-0.1, -0.05) is 19.3 Å². The second-order valence-corrected chi connectivity index (χ2v) is 5.80. The topological polar surface area (TPSA) is 98.0 Å². The van der Waals surface area contributed by atoms with Crippen molar-refractivity contribution in [2.45, 2.75) is 38.1 Å². The highest BCUT2D eigenvalue weighted by Gasteiger charge is 2.15. The third kappa shape index (κ3) is 6.97. The van der Waals surface area contributed by atoms with Crippen LogP contribution < -0.4 is 25.8 Å². The van der Waals surface area contributed by atoms with Gasteiger partial charge in [-0.3, -0.25) is 4.79 Å². The predicted octanol–water partition coefficient (Wildman–Crippen LogP) is 2.50. The molecule has 0 atom stereocenters. The number of ether oxygens (including phenoxy) is 2. The summed E-state index contributed by atoms with van der Waals surface area (Å²) in [5.41, 5.74) is 6.55. The van der Waals surface area contributed by atoms with Crippen molar-refractivity contribution in [2.75, 3.05) is 26.1 Å². The Kier molecular flexibility index (Phi) is 9.40. The molecule has 0 saturated heterocycles. The number of anilines is 1. The minimum Gasteiger partial charge on any atom is -0.493 e. The molecule has 1 saturated carbocycles. The molecule has 2 rings (SSSR count). The Morgan fingerprint density at radius 3 is 2.52 bits per heavy atom. The van der Waals surface area contributed by atoms with Gasteiger partial charge < -0.3 is 25.8 Å². The lowest BCUT2D eigenvalue weighted by molar-refractivity contribution is -0.120. The van der Waals surface area contributed by atoms with Crippen LogP contribution >= 0.6 is 24.0 Å². The highest BCUT2D eigenvalue weighted by Crippen LogP contribution is 2.29. The van der Waals surface area contributed by atoms with Crippen LogP contribution in [0.4, 0.5) is 5.69 Å². The van der Waals surface area contributed by atoms with Gasteiger partial charge in [0.2, 0.25) is 5.91 Å². The van der Waals surface area contributed by atoms with Crippen LogP contribution in [0.2, 0.25) is 0 Å². The Bertz CT molecular complexity index is 589. The third-order valence-corrected chi connectivity index (χ3v) is 4.02. The zero-order valence-electron chi connectivity index (χ0n) is 14.7. The number of nitrogens with two attached hydrogens (primary N) is 1. The molecule has 8 heteroatoms. The Morgan fingerprint density at radius 2 is 1.88 bits per heavy atom. The number of amides is 1. The Hall–Kier alpha value is -1.71. The molecular formula is C17H27IN4O3. The summed E-state index contributed by atoms with van der Waals surface area (Å²) in [7, 11) is 3.14. The van der Waals surface area contributed by atoms with Crippen LogP contribution in [-0.2, 0) is 4.79 Å². The monoisotopic (exact) mass is 462 g/mol. The molecule has 0 bridgehead atoms. The van der Waals surface area contributed by atoms with Crippen LogP contribution in [0.15, 0.2) is 23.2 Å². The molecule has 1 amide bonds. The quantitative estimate of drug-likeness (QED) is 0.343. The van der Waals surface area contributed by atoms with Crippen molar-refractivity contribution in [3.63, 3.8) is 0 Å². The molecule has 140 valence electrons. The van der Waals surface area contributed by atoms with E-state index in [0.717, 1.165) is 12.8 Å². The van der Waals surface area contributed by atoms with Crippen molar-refractivity contribution in [1.29, 1.82) is 0 Å². The zero-order chi connectivity index (χ0) is 17.4. The van der Waals surface area contributed by atoms with Crippen LogP contribution in [0, 0.1) is 0 Å². The van der Waals surface area contributed by atoms with E-state index in [1.54, 1.807) is 32.4 Å². The number of hydrogen-bond donors (Lipinski definition) is 3. The van der Waals surface area contributed by atoms with E-state index in [2.05, 4.69) is 15.6 Å². The van der Waals surface area contributed by atoms with Gasteiger partial charge in [-0.15, -0.1) is 24.0 Å². The number of aliphatic imine (C=N–C) groups is 1. The van der Waals surface area contributed by atoms with E-state index in [4.69, 9.17) is 15.2 Å². The van der Waals surface area contributed by atoms with Gasteiger partial charge >= 0.3 is 0 Å². The van der Waals surface area contributed by atoms with Crippen LogP contribution in [0.25, 0.3) is 0 Å². The van der Waals surface area contributed by atoms with E-state index in [1.165, 1.54) is 19.3 Å². The standard InChI is InChI=1S/C17H26N4O3.HI/c1-23-14-9-8-13(10-15(14)24-2)21-17(18)19-11-16(22)20-12-6-4-3-5-7-12;/h8-10,12H,3-7,11H2,1-2H3,(H,20,22)(H3,18,19,21);1H. The van der Waals surface area contributed by atoms with E-state index < -0.39 is 0 Å². The first-order chi connectivity index (χ1) is 11.6. The summed E-state index contributed by atoms with van der Waals surface area (Å²) >= 11 is 0. The van der Waals surface area contributed by atoms with Crippen LogP contribution in [0.1, 0.15) is 32.1 Å². The molecule has 0 spiro atoms. The smallest absolute Gasteiger partial charge is 0.242 e. The van der Waals surface area contributed by atoms with Crippen molar-refractivity contribution in [3.05, 3.63) is 18.2 Å². The van der Waals surface area contributed by atoms with Crippen molar-refractivity contribution in [3.8, 4) is 11.5 Å². The minimum absolute atomic E-state index is 0. The van der Waals surface area contributed by atoms with Gasteiger partial charge in [0.15, 0.2) is 17.5 Å². The molecular weight excluding hydrogens is 435 g/mol. The summed E-state index contributed by atoms with van der Waals surface area (Å²) in [5, 5.41) is 5.94. The first-order valence-corrected chi connectivity index (χ1v) is 8.20. The van der Waals surface area contributed by atoms with Crippen LogP contribution in [0.5, 0.6) is 11.5 Å². The number of benzene rings is 1. The van der Waals surface area contributed by atoms with Crippen molar-refractivity contribution in [2.24, 2.45) is 10.7 Å². The molecule has 1 aromatic carbocycles. The van der Waals surface area contributed by atoms with Gasteiger partial charge in [0.05, 0.1) is 14.2 Å². The van der Waals surface area contributed by atoms with Gasteiger partial charge in [-0.2, -0.15) is 0 Å². The molecule has 0 aliphatic heterocycles. The molecule has 1 aromatic rings. The molecule has 7 nitrogen and oxygen atoms in total. The second kappa shape index (κ2) is 11.0. The van der Waals surface area contributed by atoms with E-state index in [-0.39, 0.29) is 48.4 Å². The van der Waals surface area contributed by atoms with Crippen molar-refractivity contribution >= 4 is 41.5 Å². The highest BCUT2D eigenvalue weighted by molar-refractivity contribution is 14.0. The number of nitrogens with one attached hydrogen (secondary N) is 2. The first-order valence-electron chi connectivity index (χ1n) is 8.20. The molecule has 1 aliphatic rings. The third-order valence-electron chi connectivity index (χ3n) is 4.02. The summed E-state index contributed by atoms with van der Waals surface area (Å²) < 4.78 is 10.4. The van der Waals surface area contributed by atoms with Gasteiger partial charge in [0.1, 0.15) is 6.54 Å². The fourth-order valence-electron chi connectivity index (χ4n) is 2.78. The zero-order valence-corrected chi connectivity index (χ0v) is 17.0. The molecule has 0 aromatic heterocycles. The average Bonchev–Trinajstić information content (AvgIpc) is 2.60.